The van der Waals surface area contributed by atoms with Crippen LogP contribution in [-0.2, 0) is 26.9 Å². The Labute approximate surface area is 228 Å². The van der Waals surface area contributed by atoms with E-state index in [4.69, 9.17) is 9.47 Å². The van der Waals surface area contributed by atoms with Gasteiger partial charge in [0.05, 0.1) is 12.2 Å². The van der Waals surface area contributed by atoms with Gasteiger partial charge in [0.2, 0.25) is 0 Å². The van der Waals surface area contributed by atoms with Crippen molar-refractivity contribution in [1.29, 1.82) is 0 Å². The van der Waals surface area contributed by atoms with Gasteiger partial charge in [0, 0.05) is 36.9 Å². The van der Waals surface area contributed by atoms with Crippen molar-refractivity contribution < 1.29 is 32.2 Å². The number of aryl methyl sites for hydroxylation is 2. The molecule has 0 fully saturated rings. The first-order valence-electron chi connectivity index (χ1n) is 12.2. The van der Waals surface area contributed by atoms with E-state index in [-0.39, 0.29) is 22.4 Å². The molecule has 0 radical (unpaired) electrons. The summed E-state index contributed by atoms with van der Waals surface area (Å²) in [6, 6.07) is 13.4. The number of carbonyl (C=O) groups excluding carboxylic acids is 2. The first kappa shape index (κ1) is 28.1. The summed E-state index contributed by atoms with van der Waals surface area (Å²) in [5.41, 5.74) is 1.93. The number of rotatable bonds is 8. The van der Waals surface area contributed by atoms with E-state index in [1.165, 1.54) is 13.0 Å². The van der Waals surface area contributed by atoms with Crippen LogP contribution in [-0.4, -0.2) is 18.5 Å². The Morgan fingerprint density at radius 1 is 0.872 bits per heavy atom. The molecule has 4 rings (SSSR count). The Kier molecular flexibility index (Phi) is 7.97. The fourth-order valence-electron chi connectivity index (χ4n) is 4.25. The van der Waals surface area contributed by atoms with E-state index in [2.05, 4.69) is 13.2 Å². The molecule has 39 heavy (non-hydrogen) atoms. The maximum absolute atomic E-state index is 14.5. The van der Waals surface area contributed by atoms with Crippen molar-refractivity contribution in [2.45, 2.75) is 39.8 Å². The molecule has 0 aliphatic rings. The lowest BCUT2D eigenvalue weighted by molar-refractivity contribution is -0.139. The zero-order valence-electron chi connectivity index (χ0n) is 21.8. The third-order valence-corrected chi connectivity index (χ3v) is 7.66. The summed E-state index contributed by atoms with van der Waals surface area (Å²) in [7, 11) is 0. The molecule has 4 nitrogen and oxygen atoms in total. The van der Waals surface area contributed by atoms with Crippen LogP contribution in [0, 0.1) is 6.92 Å². The lowest BCUT2D eigenvalue weighted by atomic mass is 9.95. The molecule has 0 unspecified atom stereocenters. The number of carbonyl (C=O) groups is 2. The van der Waals surface area contributed by atoms with E-state index in [1.807, 2.05) is 0 Å². The molecule has 3 aromatic carbocycles. The van der Waals surface area contributed by atoms with Crippen molar-refractivity contribution in [3.63, 3.8) is 0 Å². The summed E-state index contributed by atoms with van der Waals surface area (Å²) in [6.45, 7) is 12.2. The minimum atomic E-state index is -4.59. The first-order chi connectivity index (χ1) is 18.4. The van der Waals surface area contributed by atoms with E-state index in [1.54, 1.807) is 56.3 Å². The van der Waals surface area contributed by atoms with Gasteiger partial charge in [0.1, 0.15) is 5.75 Å². The summed E-state index contributed by atoms with van der Waals surface area (Å²) in [6.07, 6.45) is -3.39. The largest absolute Gasteiger partial charge is 0.462 e. The van der Waals surface area contributed by atoms with Gasteiger partial charge < -0.3 is 9.47 Å². The van der Waals surface area contributed by atoms with Gasteiger partial charge in [0.15, 0.2) is 0 Å². The van der Waals surface area contributed by atoms with Crippen LogP contribution in [0.2, 0.25) is 0 Å². The standard InChI is InChI=1S/C31H27F3O4S/c1-17(2)29(35)37-16-6-7-20-8-10-21(11-9-20)22-12-13-24-23-14-15-25(38-30(36)18(3)4)19(5)27(23)39-28(24)26(22)31(32,33)34/h8-15H,1,3,6-7,16H2,2,4-5H3. The second-order valence-electron chi connectivity index (χ2n) is 9.42. The number of alkyl halides is 3. The number of benzene rings is 3. The van der Waals surface area contributed by atoms with E-state index in [9.17, 15) is 22.8 Å². The van der Waals surface area contributed by atoms with E-state index in [0.29, 0.717) is 50.8 Å². The van der Waals surface area contributed by atoms with Crippen LogP contribution in [0.3, 0.4) is 0 Å². The Hall–Kier alpha value is -3.91. The molecule has 202 valence electrons. The molecule has 0 bridgehead atoms. The molecule has 0 aliphatic carbocycles. The van der Waals surface area contributed by atoms with Crippen molar-refractivity contribution in [2.75, 3.05) is 6.61 Å². The molecule has 8 heteroatoms. The molecule has 0 spiro atoms. The lowest BCUT2D eigenvalue weighted by Gasteiger charge is -2.15. The number of hydrogen-bond acceptors (Lipinski definition) is 5. The van der Waals surface area contributed by atoms with Crippen LogP contribution in [0.15, 0.2) is 72.8 Å². The summed E-state index contributed by atoms with van der Waals surface area (Å²) < 4.78 is 54.8. The quantitative estimate of drug-likeness (QED) is 0.0951. The highest BCUT2D eigenvalue weighted by atomic mass is 32.1. The number of fused-ring (bicyclic) bond motifs is 3. The Morgan fingerprint density at radius 3 is 2.10 bits per heavy atom. The zero-order chi connectivity index (χ0) is 28.5. The van der Waals surface area contributed by atoms with Gasteiger partial charge in [-0.2, -0.15) is 13.2 Å². The molecular weight excluding hydrogens is 525 g/mol. The minimum Gasteiger partial charge on any atom is -0.462 e. The highest BCUT2D eigenvalue weighted by Crippen LogP contribution is 2.48. The van der Waals surface area contributed by atoms with Crippen LogP contribution < -0.4 is 4.74 Å². The van der Waals surface area contributed by atoms with Crippen LogP contribution in [0.25, 0.3) is 31.3 Å². The molecule has 4 aromatic rings. The van der Waals surface area contributed by atoms with Crippen molar-refractivity contribution in [3.05, 3.63) is 89.5 Å². The molecule has 0 amide bonds. The summed E-state index contributed by atoms with van der Waals surface area (Å²) in [5, 5.41) is 1.16. The van der Waals surface area contributed by atoms with Crippen molar-refractivity contribution in [2.24, 2.45) is 0 Å². The summed E-state index contributed by atoms with van der Waals surface area (Å²) in [4.78, 5) is 23.5. The highest BCUT2D eigenvalue weighted by molar-refractivity contribution is 7.26. The molecule has 0 aliphatic heterocycles. The number of hydrogen-bond donors (Lipinski definition) is 0. The van der Waals surface area contributed by atoms with Gasteiger partial charge in [0.25, 0.3) is 0 Å². The van der Waals surface area contributed by atoms with E-state index >= 15 is 0 Å². The number of thiophene rings is 1. The number of halogens is 3. The normalized spacial score (nSPS) is 11.5. The predicted molar refractivity (Wildman–Crippen MR) is 149 cm³/mol. The van der Waals surface area contributed by atoms with Gasteiger partial charge in [-0.15, -0.1) is 11.3 Å². The van der Waals surface area contributed by atoms with E-state index < -0.39 is 23.7 Å². The van der Waals surface area contributed by atoms with Crippen LogP contribution >= 0.6 is 11.3 Å². The van der Waals surface area contributed by atoms with Crippen LogP contribution in [0.1, 0.15) is 37.0 Å². The Bertz CT molecular complexity index is 1610. The highest BCUT2D eigenvalue weighted by Gasteiger charge is 2.37. The van der Waals surface area contributed by atoms with Gasteiger partial charge in [-0.05, 0) is 62.4 Å². The maximum Gasteiger partial charge on any atom is 0.418 e. The van der Waals surface area contributed by atoms with Gasteiger partial charge >= 0.3 is 18.1 Å². The molecule has 1 heterocycles. The van der Waals surface area contributed by atoms with Gasteiger partial charge in [-0.1, -0.05) is 49.6 Å². The van der Waals surface area contributed by atoms with Crippen LogP contribution in [0.5, 0.6) is 5.75 Å². The molecule has 0 saturated heterocycles. The maximum atomic E-state index is 14.5. The Morgan fingerprint density at radius 2 is 1.49 bits per heavy atom. The SMILES string of the molecule is C=C(C)C(=O)OCCCc1ccc(-c2ccc3c(sc4c(C)c(OC(=O)C(=C)C)ccc43)c2C(F)(F)F)cc1. The van der Waals surface area contributed by atoms with Gasteiger partial charge in [-0.25, -0.2) is 9.59 Å². The fraction of sp³-hybridized carbons (Fsp3) is 0.226. The van der Waals surface area contributed by atoms with Crippen molar-refractivity contribution in [1.82, 2.24) is 0 Å². The average molecular weight is 553 g/mol. The topological polar surface area (TPSA) is 52.6 Å². The molecule has 0 atom stereocenters. The monoisotopic (exact) mass is 552 g/mol. The van der Waals surface area contributed by atoms with Crippen molar-refractivity contribution in [3.8, 4) is 16.9 Å². The first-order valence-corrected chi connectivity index (χ1v) is 13.1. The number of ether oxygens (including phenoxy) is 2. The smallest absolute Gasteiger partial charge is 0.418 e. The van der Waals surface area contributed by atoms with E-state index in [0.717, 1.165) is 16.9 Å². The van der Waals surface area contributed by atoms with Crippen molar-refractivity contribution >= 4 is 43.4 Å². The van der Waals surface area contributed by atoms with Gasteiger partial charge in [-0.3, -0.25) is 0 Å². The molecular formula is C31H27F3O4S. The van der Waals surface area contributed by atoms with Crippen LogP contribution in [0.4, 0.5) is 13.2 Å². The predicted octanol–water partition coefficient (Wildman–Crippen LogP) is 8.58. The third kappa shape index (κ3) is 5.91. The lowest BCUT2D eigenvalue weighted by Crippen LogP contribution is -2.08. The average Bonchev–Trinajstić information content (AvgIpc) is 3.26. The second-order valence-corrected chi connectivity index (χ2v) is 10.4. The number of esters is 2. The summed E-state index contributed by atoms with van der Waals surface area (Å²) in [5.74, 6) is -0.741. The zero-order valence-corrected chi connectivity index (χ0v) is 22.6. The molecule has 1 aromatic heterocycles. The fourth-order valence-corrected chi connectivity index (χ4v) is 5.62. The molecule has 0 N–H and O–H groups in total. The molecule has 0 saturated carbocycles. The summed E-state index contributed by atoms with van der Waals surface area (Å²) >= 11 is 1.04. The third-order valence-electron chi connectivity index (χ3n) is 6.30. The minimum absolute atomic E-state index is 0.0927. The second kappa shape index (κ2) is 11.1. The Balaban J connectivity index is 1.69.